The van der Waals surface area contributed by atoms with E-state index in [0.717, 1.165) is 27.5 Å². The highest BCUT2D eigenvalue weighted by atomic mass is 35.5. The van der Waals surface area contributed by atoms with Gasteiger partial charge in [0.05, 0.1) is 7.11 Å². The maximum atomic E-state index is 11.5. The lowest BCUT2D eigenvalue weighted by atomic mass is 9.98. The van der Waals surface area contributed by atoms with E-state index < -0.39 is 12.0 Å². The second-order valence-corrected chi connectivity index (χ2v) is 6.64. The highest BCUT2D eigenvalue weighted by molar-refractivity contribution is 6.39. The van der Waals surface area contributed by atoms with E-state index in [0.29, 0.717) is 16.5 Å². The highest BCUT2D eigenvalue weighted by Gasteiger charge is 2.14. The molecule has 25 heavy (non-hydrogen) atoms. The molecule has 1 unspecified atom stereocenters. The predicted molar refractivity (Wildman–Crippen MR) is 103 cm³/mol. The molecule has 0 saturated heterocycles. The molecule has 0 bridgehead atoms. The summed E-state index contributed by atoms with van der Waals surface area (Å²) in [6, 6.07) is 16.8. The second-order valence-electron chi connectivity index (χ2n) is 5.83. The van der Waals surface area contributed by atoms with Crippen LogP contribution in [0.5, 0.6) is 0 Å². The summed E-state index contributed by atoms with van der Waals surface area (Å²) >= 11 is 12.6. The standard InChI is InChI=1S/C20H17Cl2NO2/c1-25-20(24)18(23)10-12-5-6-14-11-15(8-7-13(14)9-12)19-16(21)3-2-4-17(19)22/h2-9,11,18H,10,23H2,1H3. The third-order valence-electron chi connectivity index (χ3n) is 4.12. The van der Waals surface area contributed by atoms with Crippen LogP contribution in [0.2, 0.25) is 10.0 Å². The van der Waals surface area contributed by atoms with Crippen LogP contribution in [0.1, 0.15) is 5.56 Å². The first-order valence-corrected chi connectivity index (χ1v) is 8.55. The van der Waals surface area contributed by atoms with Gasteiger partial charge in [-0.15, -0.1) is 0 Å². The second kappa shape index (κ2) is 7.44. The molecule has 0 radical (unpaired) electrons. The zero-order valence-electron chi connectivity index (χ0n) is 13.6. The quantitative estimate of drug-likeness (QED) is 0.664. The van der Waals surface area contributed by atoms with Gasteiger partial charge in [-0.2, -0.15) is 0 Å². The van der Waals surface area contributed by atoms with Crippen LogP contribution in [0.4, 0.5) is 0 Å². The Hall–Kier alpha value is -2.07. The van der Waals surface area contributed by atoms with Crippen LogP contribution < -0.4 is 5.73 Å². The van der Waals surface area contributed by atoms with Crippen LogP contribution in [-0.4, -0.2) is 19.1 Å². The fraction of sp³-hybridized carbons (Fsp3) is 0.150. The number of hydrogen-bond acceptors (Lipinski definition) is 3. The van der Waals surface area contributed by atoms with E-state index >= 15 is 0 Å². The summed E-state index contributed by atoms with van der Waals surface area (Å²) < 4.78 is 4.67. The number of rotatable bonds is 4. The van der Waals surface area contributed by atoms with Gasteiger partial charge < -0.3 is 10.5 Å². The maximum absolute atomic E-state index is 11.5. The van der Waals surface area contributed by atoms with Gasteiger partial charge in [-0.25, -0.2) is 0 Å². The molecule has 0 heterocycles. The third-order valence-corrected chi connectivity index (χ3v) is 4.75. The molecule has 0 aliphatic carbocycles. The molecule has 3 nitrogen and oxygen atoms in total. The van der Waals surface area contributed by atoms with Crippen LogP contribution in [0.25, 0.3) is 21.9 Å². The van der Waals surface area contributed by atoms with E-state index in [1.807, 2.05) is 54.6 Å². The molecule has 128 valence electrons. The first kappa shape index (κ1) is 17.7. The summed E-state index contributed by atoms with van der Waals surface area (Å²) in [4.78, 5) is 11.5. The van der Waals surface area contributed by atoms with Crippen molar-refractivity contribution in [1.29, 1.82) is 0 Å². The van der Waals surface area contributed by atoms with E-state index in [9.17, 15) is 4.79 Å². The van der Waals surface area contributed by atoms with Crippen molar-refractivity contribution in [1.82, 2.24) is 0 Å². The van der Waals surface area contributed by atoms with E-state index in [1.54, 1.807) is 0 Å². The minimum absolute atomic E-state index is 0.413. The lowest BCUT2D eigenvalue weighted by Gasteiger charge is -2.11. The number of fused-ring (bicyclic) bond motifs is 1. The zero-order chi connectivity index (χ0) is 18.0. The van der Waals surface area contributed by atoms with Gasteiger partial charge >= 0.3 is 5.97 Å². The van der Waals surface area contributed by atoms with Gasteiger partial charge in [-0.1, -0.05) is 59.6 Å². The van der Waals surface area contributed by atoms with Gasteiger partial charge in [0.25, 0.3) is 0 Å². The summed E-state index contributed by atoms with van der Waals surface area (Å²) in [6.07, 6.45) is 0.431. The number of benzene rings is 3. The molecule has 0 spiro atoms. The molecule has 0 aromatic heterocycles. The Morgan fingerprint density at radius 1 is 1.04 bits per heavy atom. The smallest absolute Gasteiger partial charge is 0.322 e. The van der Waals surface area contributed by atoms with Gasteiger partial charge in [-0.3, -0.25) is 4.79 Å². The Bertz CT molecular complexity index is 920. The summed E-state index contributed by atoms with van der Waals surface area (Å²) in [5, 5.41) is 3.35. The fourth-order valence-corrected chi connectivity index (χ4v) is 3.46. The largest absolute Gasteiger partial charge is 0.468 e. The Labute approximate surface area is 156 Å². The SMILES string of the molecule is COC(=O)C(N)Cc1ccc2cc(-c3c(Cl)cccc3Cl)ccc2c1. The molecule has 1 atom stereocenters. The van der Waals surface area contributed by atoms with Crippen LogP contribution >= 0.6 is 23.2 Å². The number of carbonyl (C=O) groups is 1. The first-order chi connectivity index (χ1) is 12.0. The molecule has 0 aliphatic rings. The minimum Gasteiger partial charge on any atom is -0.468 e. The molecule has 3 aromatic rings. The zero-order valence-corrected chi connectivity index (χ0v) is 15.1. The van der Waals surface area contributed by atoms with Crippen molar-refractivity contribution < 1.29 is 9.53 Å². The number of carbonyl (C=O) groups excluding carboxylic acids is 1. The van der Waals surface area contributed by atoms with Crippen molar-refractivity contribution >= 4 is 39.9 Å². The Morgan fingerprint density at radius 3 is 2.36 bits per heavy atom. The van der Waals surface area contributed by atoms with E-state index in [-0.39, 0.29) is 0 Å². The Kier molecular flexibility index (Phi) is 5.28. The molecule has 2 N–H and O–H groups in total. The average Bonchev–Trinajstić information content (AvgIpc) is 2.60. The highest BCUT2D eigenvalue weighted by Crippen LogP contribution is 2.36. The first-order valence-electron chi connectivity index (χ1n) is 7.80. The number of esters is 1. The minimum atomic E-state index is -0.663. The van der Waals surface area contributed by atoms with Crippen LogP contribution in [0.3, 0.4) is 0 Å². The van der Waals surface area contributed by atoms with Gasteiger partial charge in [0.2, 0.25) is 0 Å². The average molecular weight is 374 g/mol. The molecular weight excluding hydrogens is 357 g/mol. The van der Waals surface area contributed by atoms with Crippen LogP contribution in [0, 0.1) is 0 Å². The number of hydrogen-bond donors (Lipinski definition) is 1. The molecule has 0 fully saturated rings. The summed E-state index contributed by atoms with van der Waals surface area (Å²) in [5.74, 6) is -0.413. The fourth-order valence-electron chi connectivity index (χ4n) is 2.84. The Balaban J connectivity index is 1.95. The van der Waals surface area contributed by atoms with E-state index in [2.05, 4.69) is 4.74 Å². The molecular formula is C20H17Cl2NO2. The van der Waals surface area contributed by atoms with Crippen molar-refractivity contribution in [3.63, 3.8) is 0 Å². The summed E-state index contributed by atoms with van der Waals surface area (Å²) in [7, 11) is 1.34. The summed E-state index contributed by atoms with van der Waals surface area (Å²) in [6.45, 7) is 0. The number of methoxy groups -OCH3 is 1. The van der Waals surface area contributed by atoms with Crippen molar-refractivity contribution in [2.75, 3.05) is 7.11 Å². The van der Waals surface area contributed by atoms with Crippen LogP contribution in [0.15, 0.2) is 54.6 Å². The lowest BCUT2D eigenvalue weighted by Crippen LogP contribution is -2.33. The molecule has 5 heteroatoms. The molecule has 3 rings (SSSR count). The number of ether oxygens (including phenoxy) is 1. The van der Waals surface area contributed by atoms with Gasteiger partial charge in [0, 0.05) is 15.6 Å². The molecule has 0 aliphatic heterocycles. The third kappa shape index (κ3) is 3.79. The van der Waals surface area contributed by atoms with Crippen molar-refractivity contribution in [3.8, 4) is 11.1 Å². The topological polar surface area (TPSA) is 52.3 Å². The van der Waals surface area contributed by atoms with Crippen molar-refractivity contribution in [2.24, 2.45) is 5.73 Å². The Morgan fingerprint density at radius 2 is 1.68 bits per heavy atom. The summed E-state index contributed by atoms with van der Waals surface area (Å²) in [5.41, 5.74) is 8.60. The molecule has 0 amide bonds. The van der Waals surface area contributed by atoms with Gasteiger partial charge in [0.1, 0.15) is 6.04 Å². The lowest BCUT2D eigenvalue weighted by molar-refractivity contribution is -0.142. The normalized spacial score (nSPS) is 12.2. The van der Waals surface area contributed by atoms with Crippen molar-refractivity contribution in [3.05, 3.63) is 70.2 Å². The van der Waals surface area contributed by atoms with E-state index in [4.69, 9.17) is 28.9 Å². The van der Waals surface area contributed by atoms with Crippen molar-refractivity contribution in [2.45, 2.75) is 12.5 Å². The van der Waals surface area contributed by atoms with Crippen LogP contribution in [-0.2, 0) is 16.0 Å². The maximum Gasteiger partial charge on any atom is 0.322 e. The number of nitrogens with two attached hydrogens (primary N) is 1. The van der Waals surface area contributed by atoms with Gasteiger partial charge in [-0.05, 0) is 46.5 Å². The molecule has 0 saturated carbocycles. The van der Waals surface area contributed by atoms with E-state index in [1.165, 1.54) is 7.11 Å². The monoisotopic (exact) mass is 373 g/mol. The predicted octanol–water partition coefficient (Wildman–Crippen LogP) is 4.86. The molecule has 3 aromatic carbocycles. The number of halogens is 2. The van der Waals surface area contributed by atoms with Gasteiger partial charge in [0.15, 0.2) is 0 Å².